The van der Waals surface area contributed by atoms with E-state index in [4.69, 9.17) is 4.74 Å². The molecule has 0 radical (unpaired) electrons. The molecular weight excluding hydrogens is 274 g/mol. The molecular formula is C19H31NO2. The Morgan fingerprint density at radius 1 is 1.05 bits per heavy atom. The lowest BCUT2D eigenvalue weighted by atomic mass is 9.80. The predicted octanol–water partition coefficient (Wildman–Crippen LogP) is 3.48. The number of carbonyl (C=O) groups is 1. The molecule has 0 aromatic heterocycles. The van der Waals surface area contributed by atoms with Gasteiger partial charge in [-0.25, -0.2) is 0 Å². The fourth-order valence-electron chi connectivity index (χ4n) is 6.01. The Labute approximate surface area is 134 Å². The van der Waals surface area contributed by atoms with Gasteiger partial charge in [0.15, 0.2) is 0 Å². The summed E-state index contributed by atoms with van der Waals surface area (Å²) in [5, 5.41) is 0. The minimum absolute atomic E-state index is 0.0385. The Hall–Kier alpha value is -0.570. The maximum atomic E-state index is 12.5. The van der Waals surface area contributed by atoms with Crippen LogP contribution in [0, 0.1) is 29.6 Å². The molecule has 6 atom stereocenters. The first-order valence-corrected chi connectivity index (χ1v) is 9.65. The number of hydrogen-bond acceptors (Lipinski definition) is 3. The van der Waals surface area contributed by atoms with Crippen molar-refractivity contribution in [2.45, 2.75) is 64.4 Å². The minimum Gasteiger partial charge on any atom is -0.462 e. The molecule has 1 saturated heterocycles. The second kappa shape index (κ2) is 6.14. The van der Waals surface area contributed by atoms with Crippen LogP contribution < -0.4 is 0 Å². The molecule has 3 saturated carbocycles. The van der Waals surface area contributed by atoms with Crippen LogP contribution in [0.3, 0.4) is 0 Å². The van der Waals surface area contributed by atoms with E-state index < -0.39 is 0 Å². The number of rotatable bonds is 4. The van der Waals surface area contributed by atoms with E-state index in [1.807, 2.05) is 0 Å². The van der Waals surface area contributed by atoms with E-state index in [9.17, 15) is 4.79 Å². The first kappa shape index (κ1) is 15.0. The van der Waals surface area contributed by atoms with Gasteiger partial charge in [-0.05, 0) is 75.3 Å². The lowest BCUT2D eigenvalue weighted by Crippen LogP contribution is -2.38. The van der Waals surface area contributed by atoms with Crippen LogP contribution in [-0.2, 0) is 9.53 Å². The standard InChI is InChI=1S/C19H31NO2/c1-13(12-20-8-3-2-4-9-20)19(21)22-18-11-14-10-17(18)16-7-5-6-15(14)16/h13-18H,2-12H2,1H3. The zero-order chi connectivity index (χ0) is 15.1. The third kappa shape index (κ3) is 2.70. The third-order valence-corrected chi connectivity index (χ3v) is 7.02. The molecule has 4 rings (SSSR count). The van der Waals surface area contributed by atoms with Gasteiger partial charge >= 0.3 is 5.97 Å². The molecule has 1 aliphatic heterocycles. The highest BCUT2D eigenvalue weighted by molar-refractivity contribution is 5.72. The van der Waals surface area contributed by atoms with Crippen LogP contribution in [-0.4, -0.2) is 36.6 Å². The normalized spacial score (nSPS) is 42.3. The summed E-state index contributed by atoms with van der Waals surface area (Å²) in [7, 11) is 0. The Morgan fingerprint density at radius 3 is 2.64 bits per heavy atom. The molecule has 0 amide bonds. The highest BCUT2D eigenvalue weighted by Crippen LogP contribution is 2.59. The van der Waals surface area contributed by atoms with E-state index >= 15 is 0 Å². The van der Waals surface area contributed by atoms with E-state index in [1.54, 1.807) is 0 Å². The van der Waals surface area contributed by atoms with Crippen LogP contribution >= 0.6 is 0 Å². The molecule has 4 fully saturated rings. The third-order valence-electron chi connectivity index (χ3n) is 7.02. The van der Waals surface area contributed by atoms with Crippen molar-refractivity contribution in [3.05, 3.63) is 0 Å². The average Bonchev–Trinajstić information content (AvgIpc) is 3.20. The monoisotopic (exact) mass is 305 g/mol. The van der Waals surface area contributed by atoms with Crippen molar-refractivity contribution in [2.75, 3.05) is 19.6 Å². The van der Waals surface area contributed by atoms with E-state index in [0.29, 0.717) is 5.92 Å². The number of esters is 1. The molecule has 0 aromatic rings. The molecule has 0 spiro atoms. The van der Waals surface area contributed by atoms with Gasteiger partial charge in [0.25, 0.3) is 0 Å². The van der Waals surface area contributed by atoms with Crippen molar-refractivity contribution in [1.82, 2.24) is 4.90 Å². The van der Waals surface area contributed by atoms with Gasteiger partial charge in [0, 0.05) is 6.54 Å². The molecule has 0 aromatic carbocycles. The van der Waals surface area contributed by atoms with E-state index in [-0.39, 0.29) is 18.0 Å². The Morgan fingerprint density at radius 2 is 1.82 bits per heavy atom. The number of likely N-dealkylation sites (tertiary alicyclic amines) is 1. The van der Waals surface area contributed by atoms with Crippen molar-refractivity contribution in [3.8, 4) is 0 Å². The molecule has 3 nitrogen and oxygen atoms in total. The van der Waals surface area contributed by atoms with Crippen LogP contribution in [0.2, 0.25) is 0 Å². The number of piperidine rings is 1. The van der Waals surface area contributed by atoms with Gasteiger partial charge in [-0.2, -0.15) is 0 Å². The molecule has 22 heavy (non-hydrogen) atoms. The fraction of sp³-hybridized carbons (Fsp3) is 0.947. The molecule has 3 aliphatic carbocycles. The van der Waals surface area contributed by atoms with Gasteiger partial charge in [0.05, 0.1) is 5.92 Å². The van der Waals surface area contributed by atoms with Gasteiger partial charge in [-0.3, -0.25) is 4.79 Å². The topological polar surface area (TPSA) is 29.5 Å². The fourth-order valence-corrected chi connectivity index (χ4v) is 6.01. The van der Waals surface area contributed by atoms with Crippen LogP contribution in [0.5, 0.6) is 0 Å². The van der Waals surface area contributed by atoms with Crippen LogP contribution in [0.25, 0.3) is 0 Å². The summed E-state index contributed by atoms with van der Waals surface area (Å²) in [5.74, 6) is 3.53. The molecule has 1 heterocycles. The maximum absolute atomic E-state index is 12.5. The molecule has 124 valence electrons. The first-order chi connectivity index (χ1) is 10.7. The SMILES string of the molecule is CC(CN1CCCCC1)C(=O)OC1CC2CC1C1CCCC21. The highest BCUT2D eigenvalue weighted by Gasteiger charge is 2.55. The molecule has 0 N–H and O–H groups in total. The quantitative estimate of drug-likeness (QED) is 0.745. The van der Waals surface area contributed by atoms with Gasteiger partial charge in [0.1, 0.15) is 6.10 Å². The number of fused-ring (bicyclic) bond motifs is 5. The summed E-state index contributed by atoms with van der Waals surface area (Å²) in [4.78, 5) is 14.9. The minimum atomic E-state index is 0.0385. The lowest BCUT2D eigenvalue weighted by Gasteiger charge is -2.33. The molecule has 4 aliphatic rings. The Kier molecular flexibility index (Phi) is 4.19. The molecule has 3 heteroatoms. The van der Waals surface area contributed by atoms with E-state index in [1.165, 1.54) is 44.9 Å². The van der Waals surface area contributed by atoms with Crippen molar-refractivity contribution in [1.29, 1.82) is 0 Å². The zero-order valence-electron chi connectivity index (χ0n) is 14.0. The molecule has 6 unspecified atom stereocenters. The van der Waals surface area contributed by atoms with Crippen molar-refractivity contribution >= 4 is 5.97 Å². The summed E-state index contributed by atoms with van der Waals surface area (Å²) in [5.41, 5.74) is 0. The highest BCUT2D eigenvalue weighted by atomic mass is 16.5. The summed E-state index contributed by atoms with van der Waals surface area (Å²) < 4.78 is 5.99. The van der Waals surface area contributed by atoms with Crippen molar-refractivity contribution in [3.63, 3.8) is 0 Å². The van der Waals surface area contributed by atoms with Crippen LogP contribution in [0.1, 0.15) is 58.3 Å². The second-order valence-electron chi connectivity index (χ2n) is 8.39. The largest absolute Gasteiger partial charge is 0.462 e. The van der Waals surface area contributed by atoms with Crippen LogP contribution in [0.15, 0.2) is 0 Å². The first-order valence-electron chi connectivity index (χ1n) is 9.65. The Bertz CT molecular complexity index is 418. The van der Waals surface area contributed by atoms with E-state index in [2.05, 4.69) is 11.8 Å². The van der Waals surface area contributed by atoms with Crippen molar-refractivity contribution < 1.29 is 9.53 Å². The second-order valence-corrected chi connectivity index (χ2v) is 8.39. The zero-order valence-corrected chi connectivity index (χ0v) is 14.0. The smallest absolute Gasteiger partial charge is 0.310 e. The van der Waals surface area contributed by atoms with E-state index in [0.717, 1.165) is 43.8 Å². The van der Waals surface area contributed by atoms with Gasteiger partial charge in [-0.15, -0.1) is 0 Å². The maximum Gasteiger partial charge on any atom is 0.310 e. The summed E-state index contributed by atoms with van der Waals surface area (Å²) >= 11 is 0. The number of carbonyl (C=O) groups excluding carboxylic acids is 1. The number of nitrogens with zero attached hydrogens (tertiary/aromatic N) is 1. The lowest BCUT2D eigenvalue weighted by molar-refractivity contribution is -0.158. The van der Waals surface area contributed by atoms with Gasteiger partial charge < -0.3 is 9.64 Å². The summed E-state index contributed by atoms with van der Waals surface area (Å²) in [6.45, 7) is 5.28. The van der Waals surface area contributed by atoms with Gasteiger partial charge in [-0.1, -0.05) is 19.8 Å². The molecule has 2 bridgehead atoms. The predicted molar refractivity (Wildman–Crippen MR) is 86.4 cm³/mol. The number of ether oxygens (including phenoxy) is 1. The van der Waals surface area contributed by atoms with Gasteiger partial charge in [0.2, 0.25) is 0 Å². The van der Waals surface area contributed by atoms with Crippen molar-refractivity contribution in [2.24, 2.45) is 29.6 Å². The summed E-state index contributed by atoms with van der Waals surface area (Å²) in [6, 6.07) is 0. The van der Waals surface area contributed by atoms with Crippen LogP contribution in [0.4, 0.5) is 0 Å². The summed E-state index contributed by atoms with van der Waals surface area (Å²) in [6.07, 6.45) is 10.9. The average molecular weight is 305 g/mol. The Balaban J connectivity index is 1.29. The number of hydrogen-bond donors (Lipinski definition) is 0.